The van der Waals surface area contributed by atoms with Gasteiger partial charge in [0.05, 0.1) is 25.9 Å². The average molecular weight is 674 g/mol. The predicted molar refractivity (Wildman–Crippen MR) is 145 cm³/mol. The first-order chi connectivity index (χ1) is 21.3. The van der Waals surface area contributed by atoms with Crippen LogP contribution in [0, 0.1) is 0 Å². The molecule has 7 heterocycles. The number of aromatic nitrogens is 8. The van der Waals surface area contributed by atoms with Crippen LogP contribution < -0.4 is 22.6 Å². The molecule has 9 N–H and O–H groups in total. The van der Waals surface area contributed by atoms with Gasteiger partial charge < -0.3 is 35.8 Å². The number of phosphoric ester groups is 2. The number of ether oxygens (including phenoxy) is 2. The number of imidazole rings is 2. The lowest BCUT2D eigenvalue weighted by Gasteiger charge is -2.27. The largest absolute Gasteiger partial charge is 0.472 e. The number of fused-ring (bicyclic) bond motifs is 4. The molecule has 0 radical (unpaired) electrons. The zero-order valence-electron chi connectivity index (χ0n) is 22.5. The summed E-state index contributed by atoms with van der Waals surface area (Å²) < 4.78 is 61.2. The molecular formula is C20H24N10O13P2. The molecule has 0 amide bonds. The average Bonchev–Trinajstić information content (AvgIpc) is 3.71. The monoisotopic (exact) mass is 674 g/mol. The van der Waals surface area contributed by atoms with Crippen molar-refractivity contribution >= 4 is 49.9 Å². The van der Waals surface area contributed by atoms with Crippen LogP contribution in [0.5, 0.6) is 0 Å². The summed E-state index contributed by atoms with van der Waals surface area (Å²) in [6, 6.07) is 0. The minimum absolute atomic E-state index is 0.0424. The van der Waals surface area contributed by atoms with E-state index >= 15 is 0 Å². The summed E-state index contributed by atoms with van der Waals surface area (Å²) in [5.41, 5.74) is 9.75. The Labute approximate surface area is 248 Å². The first-order valence-electron chi connectivity index (χ1n) is 13.0. The van der Waals surface area contributed by atoms with Gasteiger partial charge in [0.15, 0.2) is 28.6 Å². The summed E-state index contributed by atoms with van der Waals surface area (Å²) in [4.78, 5) is 66.2. The number of anilines is 2. The molecule has 7 rings (SSSR count). The molecule has 4 aromatic rings. The summed E-state index contributed by atoms with van der Waals surface area (Å²) in [6.07, 6.45) is -7.63. The minimum atomic E-state index is -5.00. The van der Waals surface area contributed by atoms with Crippen LogP contribution >= 0.6 is 15.6 Å². The van der Waals surface area contributed by atoms with E-state index in [0.29, 0.717) is 0 Å². The topological polar surface area (TPSA) is 329 Å². The molecule has 3 fully saturated rings. The van der Waals surface area contributed by atoms with Gasteiger partial charge in [0.2, 0.25) is 11.9 Å². The lowest BCUT2D eigenvalue weighted by atomic mass is 10.1. The first kappa shape index (κ1) is 30.1. The highest BCUT2D eigenvalue weighted by Gasteiger charge is 2.52. The second kappa shape index (κ2) is 10.7. The molecule has 0 bridgehead atoms. The fourth-order valence-corrected chi connectivity index (χ4v) is 7.27. The molecule has 0 aliphatic carbocycles. The number of hydrogen-bond acceptors (Lipinski definition) is 17. The van der Waals surface area contributed by atoms with Gasteiger partial charge in [-0.25, -0.2) is 19.1 Å². The third kappa shape index (κ3) is 5.47. The number of hydrogen-bond donors (Lipinski definition) is 7. The Kier molecular flexibility index (Phi) is 7.18. The molecule has 242 valence electrons. The van der Waals surface area contributed by atoms with Crippen molar-refractivity contribution in [2.24, 2.45) is 0 Å². The third-order valence-corrected chi connectivity index (χ3v) is 9.30. The zero-order valence-corrected chi connectivity index (χ0v) is 24.3. The molecule has 9 atom stereocenters. The summed E-state index contributed by atoms with van der Waals surface area (Å²) in [7, 11) is -9.90. The fourth-order valence-electron chi connectivity index (χ4n) is 5.35. The van der Waals surface area contributed by atoms with Crippen LogP contribution in [0.15, 0.2) is 22.2 Å². The van der Waals surface area contributed by atoms with Crippen molar-refractivity contribution in [3.63, 3.8) is 0 Å². The maximum atomic E-state index is 13.1. The Hall–Kier alpha value is -3.60. The van der Waals surface area contributed by atoms with Crippen molar-refractivity contribution < 1.29 is 51.6 Å². The quantitative estimate of drug-likeness (QED) is 0.113. The van der Waals surface area contributed by atoms with Gasteiger partial charge in [-0.3, -0.25) is 46.8 Å². The smallest absolute Gasteiger partial charge is 0.386 e. The van der Waals surface area contributed by atoms with Gasteiger partial charge in [-0.05, 0) is 0 Å². The van der Waals surface area contributed by atoms with Gasteiger partial charge in [0.1, 0.15) is 36.7 Å². The number of aliphatic hydroxyl groups excluding tert-OH is 1. The number of H-pyrrole nitrogens is 2. The van der Waals surface area contributed by atoms with Gasteiger partial charge in [0, 0.05) is 6.42 Å². The van der Waals surface area contributed by atoms with Crippen LogP contribution in [-0.4, -0.2) is 97.7 Å². The number of nitrogen functional groups attached to an aromatic ring is 2. The second-order valence-electron chi connectivity index (χ2n) is 10.2. The van der Waals surface area contributed by atoms with Crippen molar-refractivity contribution in [1.82, 2.24) is 39.0 Å². The molecule has 0 saturated carbocycles. The van der Waals surface area contributed by atoms with E-state index in [1.54, 1.807) is 0 Å². The maximum absolute atomic E-state index is 13.1. The van der Waals surface area contributed by atoms with Crippen LogP contribution in [0.2, 0.25) is 0 Å². The molecule has 3 aliphatic rings. The van der Waals surface area contributed by atoms with Crippen LogP contribution in [-0.2, 0) is 36.7 Å². The Morgan fingerprint density at radius 3 is 2.02 bits per heavy atom. The standard InChI is InChI=1S/C20H24N10O13P2/c21-19-25-14-10(16(32)27-19)23-4-29(14)9-1-6-7(40-9)2-38-45(36,37)43-13-8(3-39-44(34,35)42-6)41-18(12(13)31)30-5-24-11-15(30)26-20(22)28-17(11)33/h4-9,12-13,18,31H,1-3H2,(H,34,35)(H,36,37)(H3,21,25,27,32)(H3,22,26,28,33)/t6?,7-,8-,9+,12?,13-,18+/m0/s1. The third-order valence-electron chi connectivity index (χ3n) is 7.30. The summed E-state index contributed by atoms with van der Waals surface area (Å²) in [6.45, 7) is -1.48. The normalized spacial score (nSPS) is 36.0. The number of rotatable bonds is 2. The van der Waals surface area contributed by atoms with Gasteiger partial charge in [-0.15, -0.1) is 0 Å². The van der Waals surface area contributed by atoms with Gasteiger partial charge in [0.25, 0.3) is 11.1 Å². The van der Waals surface area contributed by atoms with Crippen molar-refractivity contribution in [2.45, 2.75) is 49.4 Å². The molecular weight excluding hydrogens is 650 g/mol. The molecule has 4 unspecified atom stereocenters. The molecule has 25 heteroatoms. The van der Waals surface area contributed by atoms with E-state index in [1.165, 1.54) is 10.9 Å². The van der Waals surface area contributed by atoms with Gasteiger partial charge in [-0.2, -0.15) is 9.97 Å². The molecule has 23 nitrogen and oxygen atoms in total. The molecule has 45 heavy (non-hydrogen) atoms. The van der Waals surface area contributed by atoms with E-state index in [-0.39, 0.29) is 40.6 Å². The highest BCUT2D eigenvalue weighted by Crippen LogP contribution is 2.53. The van der Waals surface area contributed by atoms with E-state index in [2.05, 4.69) is 29.9 Å². The SMILES string of the molecule is Nc1nc2c(ncn2[C@@H]2O[C@H]3COP(=O)(O)OC4C[C@H](n5cnc6c(=O)[nH]c(N)nc65)O[C@H]4COP(=O)(O)O[C@@H]3C2O)c(=O)[nH]1. The highest BCUT2D eigenvalue weighted by molar-refractivity contribution is 7.47. The number of phosphoric acid groups is 2. The molecule has 3 saturated heterocycles. The fraction of sp³-hybridized carbons (Fsp3) is 0.500. The number of nitrogens with one attached hydrogen (secondary N) is 2. The summed E-state index contributed by atoms with van der Waals surface area (Å²) >= 11 is 0. The van der Waals surface area contributed by atoms with E-state index in [4.69, 9.17) is 39.0 Å². The van der Waals surface area contributed by atoms with Crippen molar-refractivity contribution in [1.29, 1.82) is 0 Å². The van der Waals surface area contributed by atoms with Crippen molar-refractivity contribution in [3.8, 4) is 0 Å². The zero-order chi connectivity index (χ0) is 31.8. The number of nitrogens with zero attached hydrogens (tertiary/aromatic N) is 6. The highest BCUT2D eigenvalue weighted by atomic mass is 31.2. The summed E-state index contributed by atoms with van der Waals surface area (Å²) in [5, 5.41) is 11.1. The van der Waals surface area contributed by atoms with Crippen LogP contribution in [0.4, 0.5) is 11.9 Å². The molecule has 4 aromatic heterocycles. The lowest BCUT2D eigenvalue weighted by Crippen LogP contribution is -2.37. The van der Waals surface area contributed by atoms with E-state index in [0.717, 1.165) is 10.9 Å². The minimum Gasteiger partial charge on any atom is -0.386 e. The van der Waals surface area contributed by atoms with Crippen LogP contribution in [0.1, 0.15) is 18.9 Å². The lowest BCUT2D eigenvalue weighted by molar-refractivity contribution is -0.0662. The number of nitrogens with two attached hydrogens (primary N) is 2. The number of aromatic amines is 2. The summed E-state index contributed by atoms with van der Waals surface area (Å²) in [5.74, 6) is -0.456. The number of aliphatic hydroxyl groups is 1. The predicted octanol–water partition coefficient (Wildman–Crippen LogP) is -2.02. The Morgan fingerprint density at radius 2 is 1.38 bits per heavy atom. The second-order valence-corrected chi connectivity index (χ2v) is 13.0. The Morgan fingerprint density at radius 1 is 0.822 bits per heavy atom. The van der Waals surface area contributed by atoms with E-state index in [9.17, 15) is 33.6 Å². The van der Waals surface area contributed by atoms with Gasteiger partial charge in [-0.1, -0.05) is 0 Å². The molecule has 0 spiro atoms. The van der Waals surface area contributed by atoms with E-state index in [1.807, 2.05) is 0 Å². The van der Waals surface area contributed by atoms with Gasteiger partial charge >= 0.3 is 15.6 Å². The van der Waals surface area contributed by atoms with Crippen LogP contribution in [0.25, 0.3) is 22.3 Å². The first-order valence-corrected chi connectivity index (χ1v) is 16.0. The Balaban J connectivity index is 1.16. The maximum Gasteiger partial charge on any atom is 0.472 e. The molecule has 0 aromatic carbocycles. The van der Waals surface area contributed by atoms with Crippen LogP contribution in [0.3, 0.4) is 0 Å². The van der Waals surface area contributed by atoms with Crippen molar-refractivity contribution in [3.05, 3.63) is 33.4 Å². The molecule has 3 aliphatic heterocycles. The Bertz CT molecular complexity index is 2010. The van der Waals surface area contributed by atoms with Crippen molar-refractivity contribution in [2.75, 3.05) is 24.7 Å². The van der Waals surface area contributed by atoms with E-state index < -0.39 is 83.0 Å².